The monoisotopic (exact) mass is 270 g/mol. The smallest absolute Gasteiger partial charge is 0.141 e. The summed E-state index contributed by atoms with van der Waals surface area (Å²) in [7, 11) is 3.66. The highest BCUT2D eigenvalue weighted by Crippen LogP contribution is 2.26. The van der Waals surface area contributed by atoms with Crippen molar-refractivity contribution in [2.24, 2.45) is 0 Å². The molecule has 2 aromatic rings. The van der Waals surface area contributed by atoms with Gasteiger partial charge in [0, 0.05) is 17.8 Å². The molecule has 1 unspecified atom stereocenters. The minimum atomic E-state index is 0.217. The summed E-state index contributed by atoms with van der Waals surface area (Å²) in [4.78, 5) is 4.12. The molecule has 0 saturated carbocycles. The number of methoxy groups -OCH3 is 1. The van der Waals surface area contributed by atoms with Crippen LogP contribution in [0.5, 0.6) is 5.75 Å². The van der Waals surface area contributed by atoms with Gasteiger partial charge in [0.15, 0.2) is 0 Å². The molecule has 0 aliphatic heterocycles. The summed E-state index contributed by atoms with van der Waals surface area (Å²) < 4.78 is 5.41. The van der Waals surface area contributed by atoms with Crippen molar-refractivity contribution < 1.29 is 4.74 Å². The summed E-state index contributed by atoms with van der Waals surface area (Å²) in [5.41, 5.74) is 5.08. The third-order valence-corrected chi connectivity index (χ3v) is 3.48. The van der Waals surface area contributed by atoms with Crippen LogP contribution in [0.15, 0.2) is 36.7 Å². The number of aryl methyl sites for hydroxylation is 2. The van der Waals surface area contributed by atoms with E-state index in [2.05, 4.69) is 42.3 Å². The maximum absolute atomic E-state index is 5.41. The van der Waals surface area contributed by atoms with E-state index in [-0.39, 0.29) is 6.04 Å². The maximum Gasteiger partial charge on any atom is 0.141 e. The summed E-state index contributed by atoms with van der Waals surface area (Å²) in [6, 6.07) is 8.91. The first-order chi connectivity index (χ1) is 9.63. The van der Waals surface area contributed by atoms with Crippen LogP contribution in [-0.2, 0) is 6.42 Å². The van der Waals surface area contributed by atoms with Crippen molar-refractivity contribution in [3.63, 3.8) is 0 Å². The van der Waals surface area contributed by atoms with Crippen LogP contribution in [0.4, 0.5) is 0 Å². The van der Waals surface area contributed by atoms with Crippen LogP contribution in [0.1, 0.15) is 28.3 Å². The number of likely N-dealkylation sites (N-methyl/N-ethyl adjacent to an activating group) is 1. The van der Waals surface area contributed by atoms with E-state index in [1.165, 1.54) is 16.7 Å². The average molecular weight is 270 g/mol. The molecule has 0 aliphatic rings. The van der Waals surface area contributed by atoms with Gasteiger partial charge in [0.05, 0.1) is 13.3 Å². The van der Waals surface area contributed by atoms with Crippen molar-refractivity contribution in [3.8, 4) is 5.75 Å². The molecule has 1 atom stereocenters. The lowest BCUT2D eigenvalue weighted by atomic mass is 9.97. The first-order valence-electron chi connectivity index (χ1n) is 6.86. The standard InChI is InChI=1S/C17H22N2O/c1-12-7-13(2)9-14(8-12)10-16(18-3)15-5-6-19-11-17(15)20-4/h5-9,11,16,18H,10H2,1-4H3. The van der Waals surface area contributed by atoms with Gasteiger partial charge in [-0.05, 0) is 38.9 Å². The van der Waals surface area contributed by atoms with Gasteiger partial charge in [0.2, 0.25) is 0 Å². The fourth-order valence-corrected chi connectivity index (χ4v) is 2.64. The van der Waals surface area contributed by atoms with Crippen molar-refractivity contribution in [2.75, 3.05) is 14.2 Å². The summed E-state index contributed by atoms with van der Waals surface area (Å²) in [6.07, 6.45) is 4.50. The SMILES string of the molecule is CNC(Cc1cc(C)cc(C)c1)c1ccncc1OC. The van der Waals surface area contributed by atoms with Crippen molar-refractivity contribution >= 4 is 0 Å². The summed E-state index contributed by atoms with van der Waals surface area (Å²) in [5, 5.41) is 3.37. The molecule has 0 aliphatic carbocycles. The van der Waals surface area contributed by atoms with Gasteiger partial charge in [-0.25, -0.2) is 0 Å². The van der Waals surface area contributed by atoms with Crippen molar-refractivity contribution in [2.45, 2.75) is 26.3 Å². The van der Waals surface area contributed by atoms with Gasteiger partial charge >= 0.3 is 0 Å². The lowest BCUT2D eigenvalue weighted by Gasteiger charge is -2.19. The van der Waals surface area contributed by atoms with E-state index in [0.29, 0.717) is 0 Å². The van der Waals surface area contributed by atoms with Crippen LogP contribution in [0.2, 0.25) is 0 Å². The highest BCUT2D eigenvalue weighted by atomic mass is 16.5. The van der Waals surface area contributed by atoms with Crippen LogP contribution < -0.4 is 10.1 Å². The van der Waals surface area contributed by atoms with Crippen LogP contribution in [0.3, 0.4) is 0 Å². The largest absolute Gasteiger partial charge is 0.495 e. The molecule has 1 heterocycles. The molecule has 0 amide bonds. The molecule has 2 rings (SSSR count). The molecule has 1 N–H and O–H groups in total. The second-order valence-corrected chi connectivity index (χ2v) is 5.16. The predicted octanol–water partition coefficient (Wildman–Crippen LogP) is 3.21. The molecule has 0 saturated heterocycles. The van der Waals surface area contributed by atoms with Crippen molar-refractivity contribution in [1.29, 1.82) is 0 Å². The van der Waals surface area contributed by atoms with Crippen LogP contribution in [0.25, 0.3) is 0 Å². The topological polar surface area (TPSA) is 34.2 Å². The van der Waals surface area contributed by atoms with Gasteiger partial charge in [-0.2, -0.15) is 0 Å². The summed E-state index contributed by atoms with van der Waals surface area (Å²) >= 11 is 0. The fraction of sp³-hybridized carbons (Fsp3) is 0.353. The highest BCUT2D eigenvalue weighted by molar-refractivity contribution is 5.35. The normalized spacial score (nSPS) is 12.2. The van der Waals surface area contributed by atoms with Crippen LogP contribution in [-0.4, -0.2) is 19.1 Å². The second-order valence-electron chi connectivity index (χ2n) is 5.16. The number of hydrogen-bond acceptors (Lipinski definition) is 3. The minimum absolute atomic E-state index is 0.217. The first kappa shape index (κ1) is 14.5. The molecular formula is C17H22N2O. The lowest BCUT2D eigenvalue weighted by molar-refractivity contribution is 0.399. The molecule has 1 aromatic heterocycles. The number of benzene rings is 1. The predicted molar refractivity (Wildman–Crippen MR) is 82.2 cm³/mol. The first-order valence-corrected chi connectivity index (χ1v) is 6.86. The number of nitrogens with zero attached hydrogens (tertiary/aromatic N) is 1. The van der Waals surface area contributed by atoms with E-state index in [1.54, 1.807) is 13.3 Å². The fourth-order valence-electron chi connectivity index (χ4n) is 2.64. The molecule has 0 radical (unpaired) electrons. The Labute approximate surface area is 121 Å². The quantitative estimate of drug-likeness (QED) is 0.906. The zero-order chi connectivity index (χ0) is 14.5. The molecule has 3 heteroatoms. The average Bonchev–Trinajstić information content (AvgIpc) is 2.43. The number of pyridine rings is 1. The van der Waals surface area contributed by atoms with Gasteiger partial charge in [-0.15, -0.1) is 0 Å². The van der Waals surface area contributed by atoms with E-state index < -0.39 is 0 Å². The molecule has 3 nitrogen and oxygen atoms in total. The third-order valence-electron chi connectivity index (χ3n) is 3.48. The number of hydrogen-bond donors (Lipinski definition) is 1. The Morgan fingerprint density at radius 3 is 2.50 bits per heavy atom. The Balaban J connectivity index is 2.28. The second kappa shape index (κ2) is 6.53. The van der Waals surface area contributed by atoms with E-state index in [4.69, 9.17) is 4.74 Å². The highest BCUT2D eigenvalue weighted by Gasteiger charge is 2.15. The van der Waals surface area contributed by atoms with Gasteiger partial charge in [-0.3, -0.25) is 4.98 Å². The van der Waals surface area contributed by atoms with Crippen LogP contribution >= 0.6 is 0 Å². The number of aromatic nitrogens is 1. The number of nitrogens with one attached hydrogen (secondary N) is 1. The van der Waals surface area contributed by atoms with E-state index in [1.807, 2.05) is 19.3 Å². The molecule has 0 fully saturated rings. The van der Waals surface area contributed by atoms with Gasteiger partial charge in [-0.1, -0.05) is 29.3 Å². The Morgan fingerprint density at radius 2 is 1.90 bits per heavy atom. The Hall–Kier alpha value is -1.87. The van der Waals surface area contributed by atoms with Crippen molar-refractivity contribution in [3.05, 3.63) is 58.9 Å². The Kier molecular flexibility index (Phi) is 4.74. The van der Waals surface area contributed by atoms with Gasteiger partial charge in [0.25, 0.3) is 0 Å². The molecular weight excluding hydrogens is 248 g/mol. The van der Waals surface area contributed by atoms with E-state index in [0.717, 1.165) is 17.7 Å². The zero-order valence-corrected chi connectivity index (χ0v) is 12.6. The summed E-state index contributed by atoms with van der Waals surface area (Å²) in [5.74, 6) is 0.830. The van der Waals surface area contributed by atoms with E-state index >= 15 is 0 Å². The molecule has 106 valence electrons. The van der Waals surface area contributed by atoms with Crippen molar-refractivity contribution in [1.82, 2.24) is 10.3 Å². The molecule has 0 bridgehead atoms. The summed E-state index contributed by atoms with van der Waals surface area (Å²) in [6.45, 7) is 4.27. The van der Waals surface area contributed by atoms with Crippen LogP contribution in [0, 0.1) is 13.8 Å². The molecule has 20 heavy (non-hydrogen) atoms. The minimum Gasteiger partial charge on any atom is -0.495 e. The molecule has 1 aromatic carbocycles. The van der Waals surface area contributed by atoms with E-state index in [9.17, 15) is 0 Å². The number of rotatable bonds is 5. The Morgan fingerprint density at radius 1 is 1.20 bits per heavy atom. The number of ether oxygens (including phenoxy) is 1. The Bertz CT molecular complexity index is 561. The lowest BCUT2D eigenvalue weighted by Crippen LogP contribution is -2.19. The molecule has 0 spiro atoms. The van der Waals surface area contributed by atoms with Gasteiger partial charge < -0.3 is 10.1 Å². The van der Waals surface area contributed by atoms with Gasteiger partial charge in [0.1, 0.15) is 5.75 Å². The zero-order valence-electron chi connectivity index (χ0n) is 12.6. The third kappa shape index (κ3) is 3.36. The maximum atomic E-state index is 5.41.